The van der Waals surface area contributed by atoms with Gasteiger partial charge in [0.15, 0.2) is 0 Å². The molecule has 1 unspecified atom stereocenters. The van der Waals surface area contributed by atoms with E-state index in [9.17, 15) is 13.2 Å². The third-order valence-corrected chi connectivity index (χ3v) is 8.42. The van der Waals surface area contributed by atoms with Gasteiger partial charge in [0.1, 0.15) is 12.4 Å². The number of fused-ring (bicyclic) bond motifs is 2. The number of benzene rings is 3. The van der Waals surface area contributed by atoms with Crippen molar-refractivity contribution >= 4 is 27.8 Å². The highest BCUT2D eigenvalue weighted by molar-refractivity contribution is 7.99. The molecule has 1 N–H and O–H groups in total. The number of nitrogens with one attached hydrogen (secondary N) is 1. The second-order valence-electron chi connectivity index (χ2n) is 8.07. The Labute approximate surface area is 204 Å². The number of thioether (sulfide) groups is 1. The Morgan fingerprint density at radius 2 is 1.85 bits per heavy atom. The maximum absolute atomic E-state index is 12.6. The molecule has 1 aliphatic rings. The summed E-state index contributed by atoms with van der Waals surface area (Å²) >= 11 is 1.64. The fourth-order valence-electron chi connectivity index (χ4n) is 3.86. The van der Waals surface area contributed by atoms with Crippen LogP contribution in [0.2, 0.25) is 0 Å². The predicted molar refractivity (Wildman–Crippen MR) is 134 cm³/mol. The van der Waals surface area contributed by atoms with E-state index in [4.69, 9.17) is 9.47 Å². The fourth-order valence-corrected chi connectivity index (χ4v) is 6.25. The molecule has 4 rings (SSSR count). The molecule has 178 valence electrons. The molecule has 0 aliphatic carbocycles. The molecule has 3 aromatic carbocycles. The van der Waals surface area contributed by atoms with Crippen molar-refractivity contribution in [1.82, 2.24) is 4.72 Å². The molecule has 1 atom stereocenters. The zero-order valence-electron chi connectivity index (χ0n) is 19.1. The SMILES string of the molecule is COC(=O)Cc1ccc2c(c1)C(SCCNS(=O)(=O)c1ccc(C)cc1)c1ccccc1CO2. The number of sulfonamides is 1. The lowest BCUT2D eigenvalue weighted by Crippen LogP contribution is -2.26. The van der Waals surface area contributed by atoms with Gasteiger partial charge in [0, 0.05) is 17.9 Å². The van der Waals surface area contributed by atoms with Gasteiger partial charge < -0.3 is 9.47 Å². The Morgan fingerprint density at radius 1 is 1.09 bits per heavy atom. The van der Waals surface area contributed by atoms with Crippen molar-refractivity contribution in [1.29, 1.82) is 0 Å². The van der Waals surface area contributed by atoms with Crippen LogP contribution in [0.4, 0.5) is 0 Å². The number of rotatable bonds is 8. The molecule has 1 heterocycles. The maximum atomic E-state index is 12.6. The number of ether oxygens (including phenoxy) is 2. The van der Waals surface area contributed by atoms with Crippen LogP contribution in [0.1, 0.15) is 33.1 Å². The molecule has 0 fully saturated rings. The van der Waals surface area contributed by atoms with E-state index >= 15 is 0 Å². The van der Waals surface area contributed by atoms with Crippen molar-refractivity contribution in [3.63, 3.8) is 0 Å². The average Bonchev–Trinajstić information content (AvgIpc) is 2.98. The second-order valence-corrected chi connectivity index (χ2v) is 11.1. The first-order valence-electron chi connectivity index (χ1n) is 11.0. The average molecular weight is 498 g/mol. The summed E-state index contributed by atoms with van der Waals surface area (Å²) in [7, 11) is -2.19. The maximum Gasteiger partial charge on any atom is 0.309 e. The van der Waals surface area contributed by atoms with Gasteiger partial charge in [-0.3, -0.25) is 4.79 Å². The first kappa shape index (κ1) is 24.3. The van der Waals surface area contributed by atoms with E-state index in [1.165, 1.54) is 7.11 Å². The second kappa shape index (κ2) is 10.6. The first-order chi connectivity index (χ1) is 16.4. The van der Waals surface area contributed by atoms with Crippen LogP contribution >= 0.6 is 11.8 Å². The summed E-state index contributed by atoms with van der Waals surface area (Å²) < 4.78 is 38.9. The number of carbonyl (C=O) groups excluding carboxylic acids is 1. The van der Waals surface area contributed by atoms with Gasteiger partial charge in [0.05, 0.1) is 23.7 Å². The topological polar surface area (TPSA) is 81.7 Å². The summed E-state index contributed by atoms with van der Waals surface area (Å²) in [6, 6.07) is 20.7. The molecule has 34 heavy (non-hydrogen) atoms. The van der Waals surface area contributed by atoms with Gasteiger partial charge in [-0.1, -0.05) is 54.1 Å². The van der Waals surface area contributed by atoms with E-state index in [1.807, 2.05) is 43.3 Å². The van der Waals surface area contributed by atoms with Gasteiger partial charge in [0.25, 0.3) is 0 Å². The van der Waals surface area contributed by atoms with Crippen molar-refractivity contribution in [2.24, 2.45) is 0 Å². The molecule has 0 aromatic heterocycles. The lowest BCUT2D eigenvalue weighted by molar-refractivity contribution is -0.139. The molecule has 3 aromatic rings. The van der Waals surface area contributed by atoms with Gasteiger partial charge in [-0.15, -0.1) is 11.8 Å². The summed E-state index contributed by atoms with van der Waals surface area (Å²) in [5.41, 5.74) is 5.04. The predicted octanol–water partition coefficient (Wildman–Crippen LogP) is 4.40. The van der Waals surface area contributed by atoms with Crippen LogP contribution in [-0.2, 0) is 32.6 Å². The zero-order chi connectivity index (χ0) is 24.1. The highest BCUT2D eigenvalue weighted by atomic mass is 32.2. The van der Waals surface area contributed by atoms with E-state index in [-0.39, 0.29) is 29.1 Å². The van der Waals surface area contributed by atoms with Crippen LogP contribution < -0.4 is 9.46 Å². The standard InChI is InChI=1S/C26H27NO5S2/c1-18-7-10-21(11-8-18)34(29,30)27-13-14-33-26-22-6-4-3-5-20(22)17-32-24-12-9-19(15-23(24)26)16-25(28)31-2/h3-12,15,26-27H,13-14,16-17H2,1-2H3. The van der Waals surface area contributed by atoms with Crippen LogP contribution in [0.15, 0.2) is 71.6 Å². The van der Waals surface area contributed by atoms with E-state index in [0.29, 0.717) is 12.4 Å². The highest BCUT2D eigenvalue weighted by Crippen LogP contribution is 2.44. The lowest BCUT2D eigenvalue weighted by atomic mass is 9.98. The van der Waals surface area contributed by atoms with Crippen LogP contribution in [-0.4, -0.2) is 33.8 Å². The van der Waals surface area contributed by atoms with E-state index in [1.54, 1.807) is 36.0 Å². The molecular weight excluding hydrogens is 470 g/mol. The minimum absolute atomic E-state index is 0.0600. The quantitative estimate of drug-likeness (QED) is 0.367. The Bertz CT molecular complexity index is 1270. The molecule has 0 amide bonds. The van der Waals surface area contributed by atoms with Crippen molar-refractivity contribution in [3.8, 4) is 5.75 Å². The summed E-state index contributed by atoms with van der Waals surface area (Å²) in [6.45, 7) is 2.66. The molecule has 0 saturated heterocycles. The van der Waals surface area contributed by atoms with Crippen LogP contribution in [0.3, 0.4) is 0 Å². The summed E-state index contributed by atoms with van der Waals surface area (Å²) in [4.78, 5) is 12.1. The van der Waals surface area contributed by atoms with Crippen LogP contribution in [0.5, 0.6) is 5.75 Å². The first-order valence-corrected chi connectivity index (χ1v) is 13.5. The number of hydrogen-bond donors (Lipinski definition) is 1. The molecule has 8 heteroatoms. The largest absolute Gasteiger partial charge is 0.489 e. The summed E-state index contributed by atoms with van der Waals surface area (Å²) in [5.74, 6) is 1.03. The number of carbonyl (C=O) groups is 1. The Balaban J connectivity index is 1.54. The van der Waals surface area contributed by atoms with Gasteiger partial charge in [0.2, 0.25) is 10.0 Å². The zero-order valence-corrected chi connectivity index (χ0v) is 20.7. The Morgan fingerprint density at radius 3 is 2.62 bits per heavy atom. The van der Waals surface area contributed by atoms with E-state index in [2.05, 4.69) is 10.8 Å². The van der Waals surface area contributed by atoms with E-state index in [0.717, 1.165) is 33.6 Å². The highest BCUT2D eigenvalue weighted by Gasteiger charge is 2.26. The number of esters is 1. The van der Waals surface area contributed by atoms with Crippen molar-refractivity contribution in [2.45, 2.75) is 30.1 Å². The number of methoxy groups -OCH3 is 1. The summed E-state index contributed by atoms with van der Waals surface area (Å²) in [5, 5.41) is -0.0600. The minimum Gasteiger partial charge on any atom is -0.489 e. The third kappa shape index (κ3) is 5.63. The smallest absolute Gasteiger partial charge is 0.309 e. The molecule has 0 saturated carbocycles. The molecule has 1 aliphatic heterocycles. The normalized spacial score (nSPS) is 14.9. The molecule has 0 radical (unpaired) electrons. The van der Waals surface area contributed by atoms with Crippen molar-refractivity contribution in [2.75, 3.05) is 19.4 Å². The third-order valence-electron chi connectivity index (χ3n) is 5.66. The molecule has 6 nitrogen and oxygen atoms in total. The fraction of sp³-hybridized carbons (Fsp3) is 0.269. The molecule has 0 bridgehead atoms. The number of aryl methyl sites for hydroxylation is 1. The Hall–Kier alpha value is -2.81. The van der Waals surface area contributed by atoms with Crippen LogP contribution in [0.25, 0.3) is 0 Å². The monoisotopic (exact) mass is 497 g/mol. The molecular formula is C26H27NO5S2. The summed E-state index contributed by atoms with van der Waals surface area (Å²) in [6.07, 6.45) is 0.180. The van der Waals surface area contributed by atoms with Crippen molar-refractivity contribution in [3.05, 3.63) is 94.5 Å². The Kier molecular flexibility index (Phi) is 7.60. The van der Waals surface area contributed by atoms with Gasteiger partial charge in [-0.25, -0.2) is 13.1 Å². The van der Waals surface area contributed by atoms with Gasteiger partial charge >= 0.3 is 5.97 Å². The molecule has 0 spiro atoms. The van der Waals surface area contributed by atoms with Gasteiger partial charge in [-0.2, -0.15) is 0 Å². The van der Waals surface area contributed by atoms with E-state index < -0.39 is 10.0 Å². The van der Waals surface area contributed by atoms with Crippen molar-refractivity contribution < 1.29 is 22.7 Å². The minimum atomic E-state index is -3.57. The van der Waals surface area contributed by atoms with Crippen LogP contribution in [0, 0.1) is 6.92 Å². The lowest BCUT2D eigenvalue weighted by Gasteiger charge is -2.20. The van der Waals surface area contributed by atoms with Gasteiger partial charge in [-0.05, 0) is 41.8 Å². The number of hydrogen-bond acceptors (Lipinski definition) is 6.